The van der Waals surface area contributed by atoms with E-state index < -0.39 is 0 Å². The number of rotatable bonds is 0. The first-order valence-corrected chi connectivity index (χ1v) is 5.07. The first-order valence-electron chi connectivity index (χ1n) is 5.07. The van der Waals surface area contributed by atoms with Crippen molar-refractivity contribution in [3.05, 3.63) is 35.4 Å². The third-order valence-corrected chi connectivity index (χ3v) is 2.10. The van der Waals surface area contributed by atoms with Crippen molar-refractivity contribution >= 4 is 0 Å². The number of aliphatic hydroxyl groups excluding tert-OH is 1. The van der Waals surface area contributed by atoms with E-state index in [1.54, 1.807) is 11.1 Å². The third kappa shape index (κ3) is 5.21. The van der Waals surface area contributed by atoms with E-state index >= 15 is 0 Å². The number of hydrogen-bond donors (Lipinski definition) is 2. The molecule has 2 rings (SSSR count). The van der Waals surface area contributed by atoms with Crippen LogP contribution in [0.1, 0.15) is 17.5 Å². The molecule has 0 aliphatic heterocycles. The SMILES string of the molecule is C#CCO.CN.c1ccc2c(c1)CCC2. The highest BCUT2D eigenvalue weighted by Gasteiger charge is 2.07. The molecule has 0 aromatic heterocycles. The van der Waals surface area contributed by atoms with Crippen molar-refractivity contribution in [2.24, 2.45) is 5.73 Å². The van der Waals surface area contributed by atoms with Crippen LogP contribution in [0.4, 0.5) is 0 Å². The van der Waals surface area contributed by atoms with E-state index in [4.69, 9.17) is 5.11 Å². The number of nitrogens with two attached hydrogens (primary N) is 1. The van der Waals surface area contributed by atoms with Gasteiger partial charge in [-0.1, -0.05) is 30.2 Å². The number of fused-ring (bicyclic) bond motifs is 1. The molecule has 0 atom stereocenters. The van der Waals surface area contributed by atoms with Gasteiger partial charge in [0.05, 0.1) is 0 Å². The summed E-state index contributed by atoms with van der Waals surface area (Å²) in [4.78, 5) is 0. The Kier molecular flexibility index (Phi) is 8.46. The minimum atomic E-state index is -0.153. The fourth-order valence-corrected chi connectivity index (χ4v) is 1.51. The zero-order valence-electron chi connectivity index (χ0n) is 9.24. The van der Waals surface area contributed by atoms with Gasteiger partial charge in [-0.15, -0.1) is 6.42 Å². The van der Waals surface area contributed by atoms with Crippen molar-refractivity contribution in [1.82, 2.24) is 0 Å². The molecular weight excluding hydrogens is 186 g/mol. The van der Waals surface area contributed by atoms with Gasteiger partial charge in [-0.05, 0) is 37.4 Å². The number of aliphatic hydroxyl groups is 1. The van der Waals surface area contributed by atoms with Crippen LogP contribution >= 0.6 is 0 Å². The molecule has 2 heteroatoms. The Morgan fingerprint density at radius 1 is 1.27 bits per heavy atom. The number of terminal acetylenes is 1. The molecule has 0 fully saturated rings. The van der Waals surface area contributed by atoms with Gasteiger partial charge in [0.1, 0.15) is 6.61 Å². The fourth-order valence-electron chi connectivity index (χ4n) is 1.51. The highest BCUT2D eigenvalue weighted by atomic mass is 16.2. The van der Waals surface area contributed by atoms with Crippen molar-refractivity contribution in [3.8, 4) is 12.3 Å². The molecule has 15 heavy (non-hydrogen) atoms. The predicted molar refractivity (Wildman–Crippen MR) is 64.5 cm³/mol. The summed E-state index contributed by atoms with van der Waals surface area (Å²) in [6, 6.07) is 8.74. The maximum absolute atomic E-state index is 7.64. The lowest BCUT2D eigenvalue weighted by molar-refractivity contribution is 0.351. The van der Waals surface area contributed by atoms with Crippen LogP contribution in [0.2, 0.25) is 0 Å². The van der Waals surface area contributed by atoms with E-state index in [0.717, 1.165) is 0 Å². The van der Waals surface area contributed by atoms with Crippen molar-refractivity contribution in [2.75, 3.05) is 13.7 Å². The van der Waals surface area contributed by atoms with Crippen LogP contribution in [0.5, 0.6) is 0 Å². The summed E-state index contributed by atoms with van der Waals surface area (Å²) in [6.45, 7) is -0.153. The number of hydrogen-bond acceptors (Lipinski definition) is 2. The smallest absolute Gasteiger partial charge is 0.103 e. The molecule has 1 aliphatic carbocycles. The Hall–Kier alpha value is -1.30. The van der Waals surface area contributed by atoms with Gasteiger partial charge in [-0.3, -0.25) is 0 Å². The Labute approximate surface area is 92.1 Å². The first-order chi connectivity index (χ1) is 7.38. The van der Waals surface area contributed by atoms with E-state index in [-0.39, 0.29) is 6.61 Å². The van der Waals surface area contributed by atoms with Crippen LogP contribution < -0.4 is 5.73 Å². The second-order valence-corrected chi connectivity index (χ2v) is 2.98. The van der Waals surface area contributed by atoms with Gasteiger partial charge in [0.15, 0.2) is 0 Å². The quantitative estimate of drug-likeness (QED) is 0.628. The predicted octanol–water partition coefficient (Wildman–Crippen LogP) is 1.36. The molecule has 1 aromatic carbocycles. The lowest BCUT2D eigenvalue weighted by Gasteiger charge is -1.93. The first kappa shape index (κ1) is 13.7. The topological polar surface area (TPSA) is 46.2 Å². The van der Waals surface area contributed by atoms with Gasteiger partial charge < -0.3 is 10.8 Å². The van der Waals surface area contributed by atoms with Gasteiger partial charge in [0, 0.05) is 0 Å². The van der Waals surface area contributed by atoms with E-state index in [1.165, 1.54) is 26.3 Å². The molecule has 1 aliphatic rings. The lowest BCUT2D eigenvalue weighted by atomic mass is 10.1. The molecule has 1 aromatic rings. The maximum atomic E-state index is 7.64. The van der Waals surface area contributed by atoms with E-state index in [1.807, 2.05) is 5.92 Å². The molecular formula is C13H19NO. The standard InChI is InChI=1S/C9H10.C3H4O.CH5N/c1-2-5-9-7-3-6-8(9)4-1;1-2-3-4;1-2/h1-2,4-5H,3,6-7H2;1,4H,3H2;2H2,1H3. The summed E-state index contributed by atoms with van der Waals surface area (Å²) in [5, 5.41) is 7.64. The Bertz CT molecular complexity index is 279. The van der Waals surface area contributed by atoms with Crippen LogP contribution in [0.3, 0.4) is 0 Å². The fraction of sp³-hybridized carbons (Fsp3) is 0.385. The molecule has 0 spiro atoms. The molecule has 0 radical (unpaired) electrons. The summed E-state index contributed by atoms with van der Waals surface area (Å²) in [5.74, 6) is 1.99. The number of aryl methyl sites for hydroxylation is 2. The highest BCUT2D eigenvalue weighted by Crippen LogP contribution is 2.20. The van der Waals surface area contributed by atoms with Crippen molar-refractivity contribution < 1.29 is 5.11 Å². The molecule has 0 amide bonds. The van der Waals surface area contributed by atoms with E-state index in [9.17, 15) is 0 Å². The van der Waals surface area contributed by atoms with Crippen LogP contribution in [0, 0.1) is 12.3 Å². The van der Waals surface area contributed by atoms with Crippen molar-refractivity contribution in [2.45, 2.75) is 19.3 Å². The van der Waals surface area contributed by atoms with Gasteiger partial charge >= 0.3 is 0 Å². The monoisotopic (exact) mass is 205 g/mol. The molecule has 0 saturated heterocycles. The summed E-state index contributed by atoms with van der Waals surface area (Å²) >= 11 is 0. The Morgan fingerprint density at radius 3 is 2.00 bits per heavy atom. The summed E-state index contributed by atoms with van der Waals surface area (Å²) in [5.41, 5.74) is 7.63. The Balaban J connectivity index is 0.000000282. The normalized spacial score (nSPS) is 11.1. The Morgan fingerprint density at radius 2 is 1.67 bits per heavy atom. The zero-order valence-corrected chi connectivity index (χ0v) is 9.24. The lowest BCUT2D eigenvalue weighted by Crippen LogP contribution is -1.77. The van der Waals surface area contributed by atoms with Crippen molar-refractivity contribution in [3.63, 3.8) is 0 Å². The summed E-state index contributed by atoms with van der Waals surface area (Å²) in [7, 11) is 1.50. The van der Waals surface area contributed by atoms with E-state index in [0.29, 0.717) is 0 Å². The molecule has 0 heterocycles. The van der Waals surface area contributed by atoms with Gasteiger partial charge in [-0.25, -0.2) is 0 Å². The average molecular weight is 205 g/mol. The molecule has 2 nitrogen and oxygen atoms in total. The average Bonchev–Trinajstić information content (AvgIpc) is 2.80. The van der Waals surface area contributed by atoms with Crippen LogP contribution in [-0.4, -0.2) is 18.8 Å². The van der Waals surface area contributed by atoms with Crippen molar-refractivity contribution in [1.29, 1.82) is 0 Å². The molecule has 0 saturated carbocycles. The molecule has 0 unspecified atom stereocenters. The summed E-state index contributed by atoms with van der Waals surface area (Å²) < 4.78 is 0. The second kappa shape index (κ2) is 9.26. The highest BCUT2D eigenvalue weighted by molar-refractivity contribution is 5.30. The second-order valence-electron chi connectivity index (χ2n) is 2.98. The summed E-state index contributed by atoms with van der Waals surface area (Å²) in [6.07, 6.45) is 8.49. The molecule has 3 N–H and O–H groups in total. The molecule has 0 bridgehead atoms. The van der Waals surface area contributed by atoms with Gasteiger partial charge in [0.25, 0.3) is 0 Å². The zero-order chi connectivity index (χ0) is 11.5. The van der Waals surface area contributed by atoms with Gasteiger partial charge in [0.2, 0.25) is 0 Å². The van der Waals surface area contributed by atoms with E-state index in [2.05, 4.69) is 36.4 Å². The van der Waals surface area contributed by atoms with Crippen LogP contribution in [0.15, 0.2) is 24.3 Å². The maximum Gasteiger partial charge on any atom is 0.103 e. The minimum Gasteiger partial charge on any atom is -0.384 e. The van der Waals surface area contributed by atoms with Gasteiger partial charge in [-0.2, -0.15) is 0 Å². The van der Waals surface area contributed by atoms with Crippen LogP contribution in [-0.2, 0) is 12.8 Å². The minimum absolute atomic E-state index is 0.153. The number of benzene rings is 1. The van der Waals surface area contributed by atoms with Crippen LogP contribution in [0.25, 0.3) is 0 Å². The third-order valence-electron chi connectivity index (χ3n) is 2.10. The molecule has 82 valence electrons. The largest absolute Gasteiger partial charge is 0.384 e.